The molecule has 1 nitrogen and oxygen atoms in total. The van der Waals surface area contributed by atoms with E-state index in [1.165, 1.54) is 0 Å². The summed E-state index contributed by atoms with van der Waals surface area (Å²) >= 11 is 0. The molecule has 0 spiro atoms. The van der Waals surface area contributed by atoms with Gasteiger partial charge in [0, 0.05) is 0 Å². The smallest absolute Gasteiger partial charge is 0.663 e. The Morgan fingerprint density at radius 2 is 1.00 bits per heavy atom. The van der Waals surface area contributed by atoms with E-state index in [4.69, 9.17) is 0 Å². The number of alkyl halides is 13. The Kier molecular flexibility index (Phi) is 6.35. The molecule has 0 atom stereocenters. The first-order valence-corrected chi connectivity index (χ1v) is 5.39. The Bertz CT molecular complexity index is 574. The molecular formula is C10H3F13NNa. The van der Waals surface area contributed by atoms with Crippen LogP contribution in [0.3, 0.4) is 0 Å². The summed E-state index contributed by atoms with van der Waals surface area (Å²) < 4.78 is 166. The zero-order valence-corrected chi connectivity index (χ0v) is 13.6. The Morgan fingerprint density at radius 3 is 1.32 bits per heavy atom. The zero-order chi connectivity index (χ0) is 19.4. The van der Waals surface area contributed by atoms with E-state index in [0.29, 0.717) is 12.3 Å². The Morgan fingerprint density at radius 1 is 0.600 bits per heavy atom. The van der Waals surface area contributed by atoms with Crippen molar-refractivity contribution in [1.82, 2.24) is 4.98 Å². The van der Waals surface area contributed by atoms with Crippen LogP contribution < -0.4 is 34.5 Å². The van der Waals surface area contributed by atoms with Gasteiger partial charge in [0.25, 0.3) is 0 Å². The van der Waals surface area contributed by atoms with Crippen molar-refractivity contribution in [3.63, 3.8) is 0 Å². The van der Waals surface area contributed by atoms with E-state index in [2.05, 4.69) is 4.98 Å². The monoisotopic (exact) mass is 407 g/mol. The SMILES string of the molecule is FC(F)(F)C(F)(F)C(F)(F)C(F)(F)C(F)(F)C(F)(F)c1ccc[n-]1.[Na+]. The van der Waals surface area contributed by atoms with Gasteiger partial charge in [0.1, 0.15) is 0 Å². The Labute approximate surface area is 151 Å². The molecule has 0 aliphatic carbocycles. The normalized spacial score (nSPS) is 15.1. The molecule has 0 aliphatic heterocycles. The van der Waals surface area contributed by atoms with Crippen LogP contribution in [0.25, 0.3) is 0 Å². The molecule has 0 aliphatic rings. The predicted octanol–water partition coefficient (Wildman–Crippen LogP) is 1.84. The maximum absolute atomic E-state index is 13.3. The molecule has 0 radical (unpaired) electrons. The van der Waals surface area contributed by atoms with Crippen molar-refractivity contribution in [2.24, 2.45) is 0 Å². The summed E-state index contributed by atoms with van der Waals surface area (Å²) in [6.07, 6.45) is -7.07. The van der Waals surface area contributed by atoms with E-state index in [1.807, 2.05) is 0 Å². The third-order valence-corrected chi connectivity index (χ3v) is 2.81. The van der Waals surface area contributed by atoms with E-state index in [0.717, 1.165) is 0 Å². The van der Waals surface area contributed by atoms with Gasteiger partial charge >= 0.3 is 65.3 Å². The third-order valence-electron chi connectivity index (χ3n) is 2.81. The maximum atomic E-state index is 13.3. The minimum absolute atomic E-state index is 0. The molecule has 0 N–H and O–H groups in total. The van der Waals surface area contributed by atoms with Gasteiger partial charge in [-0.2, -0.15) is 63.3 Å². The number of hydrogen-bond acceptors (Lipinski definition) is 0. The summed E-state index contributed by atoms with van der Waals surface area (Å²) in [5, 5.41) is 0. The quantitative estimate of drug-likeness (QED) is 0.537. The van der Waals surface area contributed by atoms with Gasteiger partial charge < -0.3 is 4.98 Å². The minimum Gasteiger partial charge on any atom is -0.663 e. The number of hydrogen-bond donors (Lipinski definition) is 0. The summed E-state index contributed by atoms with van der Waals surface area (Å²) in [6.45, 7) is 0. The average Bonchev–Trinajstić information content (AvgIpc) is 2.90. The summed E-state index contributed by atoms with van der Waals surface area (Å²) in [5.41, 5.74) is -2.22. The molecule has 1 aromatic rings. The van der Waals surface area contributed by atoms with Gasteiger partial charge in [-0.3, -0.25) is 0 Å². The van der Waals surface area contributed by atoms with E-state index in [1.54, 1.807) is 0 Å². The molecule has 0 fully saturated rings. The van der Waals surface area contributed by atoms with Gasteiger partial charge in [-0.05, 0) is 0 Å². The molecule has 0 unspecified atom stereocenters. The van der Waals surface area contributed by atoms with E-state index in [9.17, 15) is 57.1 Å². The van der Waals surface area contributed by atoms with Crippen molar-refractivity contribution in [3.8, 4) is 0 Å². The van der Waals surface area contributed by atoms with Crippen LogP contribution in [0.2, 0.25) is 0 Å². The summed E-state index contributed by atoms with van der Waals surface area (Å²) in [7, 11) is 0. The molecule has 0 saturated heterocycles. The van der Waals surface area contributed by atoms with Crippen LogP contribution in [0, 0.1) is 0 Å². The van der Waals surface area contributed by atoms with Crippen molar-refractivity contribution in [1.29, 1.82) is 0 Å². The minimum atomic E-state index is -7.89. The van der Waals surface area contributed by atoms with Crippen LogP contribution in [-0.4, -0.2) is 29.9 Å². The molecule has 0 saturated carbocycles. The van der Waals surface area contributed by atoms with Gasteiger partial charge in [-0.25, -0.2) is 0 Å². The van der Waals surface area contributed by atoms with Crippen LogP contribution in [0.15, 0.2) is 18.3 Å². The number of aromatic nitrogens is 1. The predicted molar refractivity (Wildman–Crippen MR) is 49.5 cm³/mol. The fraction of sp³-hybridized carbons (Fsp3) is 0.600. The van der Waals surface area contributed by atoms with Crippen molar-refractivity contribution >= 4 is 0 Å². The fourth-order valence-corrected chi connectivity index (χ4v) is 1.42. The van der Waals surface area contributed by atoms with E-state index in [-0.39, 0.29) is 35.6 Å². The largest absolute Gasteiger partial charge is 1.00 e. The van der Waals surface area contributed by atoms with Crippen LogP contribution in [0.4, 0.5) is 57.1 Å². The first-order chi connectivity index (χ1) is 10.4. The van der Waals surface area contributed by atoms with Crippen molar-refractivity contribution < 1.29 is 86.6 Å². The van der Waals surface area contributed by atoms with E-state index >= 15 is 0 Å². The summed E-state index contributed by atoms with van der Waals surface area (Å²) in [4.78, 5) is 2.44. The summed E-state index contributed by atoms with van der Waals surface area (Å²) in [5.74, 6) is -37.0. The Hall–Kier alpha value is -0.630. The van der Waals surface area contributed by atoms with Gasteiger partial charge in [0.15, 0.2) is 0 Å². The topological polar surface area (TPSA) is 14.1 Å². The number of nitrogens with zero attached hydrogens (tertiary/aromatic N) is 1. The second-order valence-electron chi connectivity index (χ2n) is 4.39. The first-order valence-electron chi connectivity index (χ1n) is 5.39. The molecule has 1 heterocycles. The molecule has 1 rings (SSSR count). The Balaban J connectivity index is 0.00000576. The fourth-order valence-electron chi connectivity index (χ4n) is 1.42. The molecule has 140 valence electrons. The first kappa shape index (κ1) is 24.4. The zero-order valence-electron chi connectivity index (χ0n) is 11.6. The van der Waals surface area contributed by atoms with Crippen LogP contribution in [0.1, 0.15) is 5.69 Å². The maximum Gasteiger partial charge on any atom is 1.00 e. The molecule has 25 heavy (non-hydrogen) atoms. The molecule has 0 amide bonds. The van der Waals surface area contributed by atoms with Crippen LogP contribution in [-0.2, 0) is 5.92 Å². The van der Waals surface area contributed by atoms with Crippen molar-refractivity contribution in [3.05, 3.63) is 24.0 Å². The van der Waals surface area contributed by atoms with Crippen LogP contribution in [0.5, 0.6) is 0 Å². The molecule has 1 aromatic heterocycles. The van der Waals surface area contributed by atoms with Crippen molar-refractivity contribution in [2.75, 3.05) is 0 Å². The molecule has 15 heteroatoms. The van der Waals surface area contributed by atoms with Gasteiger partial charge in [-0.15, -0.1) is 0 Å². The van der Waals surface area contributed by atoms with Crippen LogP contribution >= 0.6 is 0 Å². The van der Waals surface area contributed by atoms with Gasteiger partial charge in [-0.1, -0.05) is 17.8 Å². The second-order valence-corrected chi connectivity index (χ2v) is 4.39. The second kappa shape index (κ2) is 6.51. The summed E-state index contributed by atoms with van der Waals surface area (Å²) in [6, 6.07) is 0.448. The van der Waals surface area contributed by atoms with Gasteiger partial charge in [0.2, 0.25) is 0 Å². The average molecular weight is 407 g/mol. The molecule has 0 bridgehead atoms. The molecular weight excluding hydrogens is 404 g/mol. The standard InChI is InChI=1S/C10H3F13N.Na/c11-5(12,4-2-1-3-24-4)6(13,14)7(15,16)8(17,18)9(19,20)10(21,22)23;/h1-3H;/q-1;+1. The third kappa shape index (κ3) is 3.24. The van der Waals surface area contributed by atoms with Crippen molar-refractivity contribution in [2.45, 2.75) is 35.8 Å². The number of rotatable bonds is 5. The number of halogens is 13. The molecule has 0 aromatic carbocycles. The van der Waals surface area contributed by atoms with E-state index < -0.39 is 41.5 Å². The van der Waals surface area contributed by atoms with Gasteiger partial charge in [0.05, 0.1) is 0 Å².